The van der Waals surface area contributed by atoms with Crippen LogP contribution in [0.25, 0.3) is 0 Å². The van der Waals surface area contributed by atoms with Crippen LogP contribution in [0.5, 0.6) is 0 Å². The van der Waals surface area contributed by atoms with E-state index >= 15 is 0 Å². The first kappa shape index (κ1) is 14.3. The van der Waals surface area contributed by atoms with Crippen LogP contribution in [-0.2, 0) is 24.2 Å². The van der Waals surface area contributed by atoms with Gasteiger partial charge in [0.1, 0.15) is 11.6 Å². The minimum absolute atomic E-state index is 0.459. The summed E-state index contributed by atoms with van der Waals surface area (Å²) in [7, 11) is 0. The van der Waals surface area contributed by atoms with E-state index in [1.807, 2.05) is 24.0 Å². The Labute approximate surface area is 125 Å². The topological polar surface area (TPSA) is 57.8 Å². The summed E-state index contributed by atoms with van der Waals surface area (Å²) in [5.41, 5.74) is 0. The third-order valence-electron chi connectivity index (χ3n) is 4.15. The number of nitrogens with zero attached hydrogens (tertiary/aromatic N) is 5. The maximum Gasteiger partial charge on any atom is 0.154 e. The molecule has 0 radical (unpaired) electrons. The van der Waals surface area contributed by atoms with Crippen LogP contribution in [0.15, 0.2) is 12.4 Å². The van der Waals surface area contributed by atoms with Crippen molar-refractivity contribution < 1.29 is 4.74 Å². The molecule has 0 unspecified atom stereocenters. The molecule has 3 rings (SSSR count). The number of hydrogen-bond donors (Lipinski definition) is 0. The number of ether oxygens (including phenoxy) is 1. The van der Waals surface area contributed by atoms with E-state index in [9.17, 15) is 0 Å². The summed E-state index contributed by atoms with van der Waals surface area (Å²) < 4.78 is 9.62. The van der Waals surface area contributed by atoms with E-state index in [0.29, 0.717) is 5.92 Å². The van der Waals surface area contributed by atoms with E-state index in [1.54, 1.807) is 0 Å². The summed E-state index contributed by atoms with van der Waals surface area (Å²) in [6.45, 7) is 7.57. The van der Waals surface area contributed by atoms with E-state index < -0.39 is 0 Å². The van der Waals surface area contributed by atoms with E-state index in [1.165, 1.54) is 0 Å². The van der Waals surface area contributed by atoms with Crippen molar-refractivity contribution >= 4 is 0 Å². The predicted molar refractivity (Wildman–Crippen MR) is 79.2 cm³/mol. The summed E-state index contributed by atoms with van der Waals surface area (Å²) in [6.07, 6.45) is 6.82. The molecule has 0 N–H and O–H groups in total. The lowest BCUT2D eigenvalue weighted by Crippen LogP contribution is -2.15. The van der Waals surface area contributed by atoms with Gasteiger partial charge in [-0.2, -0.15) is 5.10 Å². The van der Waals surface area contributed by atoms with Gasteiger partial charge in [-0.05, 0) is 26.7 Å². The molecule has 0 amide bonds. The fraction of sp³-hybridized carbons (Fsp3) is 0.667. The van der Waals surface area contributed by atoms with Crippen LogP contribution in [-0.4, -0.2) is 37.5 Å². The number of rotatable bonds is 5. The van der Waals surface area contributed by atoms with Gasteiger partial charge < -0.3 is 9.30 Å². The first-order chi connectivity index (χ1) is 10.3. The molecular weight excluding hydrogens is 266 g/mol. The normalized spacial score (nSPS) is 16.5. The Morgan fingerprint density at radius 3 is 2.81 bits per heavy atom. The van der Waals surface area contributed by atoms with Gasteiger partial charge in [-0.1, -0.05) is 0 Å². The highest BCUT2D eigenvalue weighted by Crippen LogP contribution is 2.24. The third kappa shape index (κ3) is 3.15. The Hall–Kier alpha value is -1.69. The summed E-state index contributed by atoms with van der Waals surface area (Å²) in [5.74, 6) is 3.58. The Balaban J connectivity index is 1.71. The molecule has 6 nitrogen and oxygen atoms in total. The summed E-state index contributed by atoms with van der Waals surface area (Å²) in [4.78, 5) is 9.05. The average Bonchev–Trinajstić information content (AvgIpc) is 3.12. The molecule has 1 fully saturated rings. The maximum absolute atomic E-state index is 5.42. The van der Waals surface area contributed by atoms with Crippen molar-refractivity contribution in [3.63, 3.8) is 0 Å². The van der Waals surface area contributed by atoms with Gasteiger partial charge >= 0.3 is 0 Å². The highest BCUT2D eigenvalue weighted by atomic mass is 16.5. The highest BCUT2D eigenvalue weighted by Gasteiger charge is 2.21. The second kappa shape index (κ2) is 6.39. The summed E-state index contributed by atoms with van der Waals surface area (Å²) >= 11 is 0. The molecule has 1 aliphatic heterocycles. The SMILES string of the molecule is CCn1nc(C2CCOCC2)nc1CCn1ccnc1C. The molecule has 1 aliphatic rings. The van der Waals surface area contributed by atoms with Crippen molar-refractivity contribution in [3.8, 4) is 0 Å². The van der Waals surface area contributed by atoms with Gasteiger partial charge in [0.25, 0.3) is 0 Å². The van der Waals surface area contributed by atoms with Gasteiger partial charge in [-0.15, -0.1) is 0 Å². The fourth-order valence-electron chi connectivity index (χ4n) is 2.82. The molecule has 0 bridgehead atoms. The van der Waals surface area contributed by atoms with Crippen LogP contribution in [0.2, 0.25) is 0 Å². The molecule has 114 valence electrons. The number of hydrogen-bond acceptors (Lipinski definition) is 4. The molecule has 6 heteroatoms. The van der Waals surface area contributed by atoms with Gasteiger partial charge in [0.15, 0.2) is 5.82 Å². The fourth-order valence-corrected chi connectivity index (χ4v) is 2.82. The molecule has 0 aromatic carbocycles. The monoisotopic (exact) mass is 289 g/mol. The van der Waals surface area contributed by atoms with Crippen molar-refractivity contribution in [1.29, 1.82) is 0 Å². The molecule has 21 heavy (non-hydrogen) atoms. The molecule has 2 aromatic rings. The van der Waals surface area contributed by atoms with Gasteiger partial charge in [0.2, 0.25) is 0 Å². The number of imidazole rings is 1. The predicted octanol–water partition coefficient (Wildman–Crippen LogP) is 1.94. The average molecular weight is 289 g/mol. The standard InChI is InChI=1S/C15H23N5O/c1-3-20-14(4-8-19-9-7-16-12(19)2)17-15(18-20)13-5-10-21-11-6-13/h7,9,13H,3-6,8,10-11H2,1-2H3. The van der Waals surface area contributed by atoms with E-state index in [4.69, 9.17) is 14.8 Å². The van der Waals surface area contributed by atoms with Crippen LogP contribution in [0.4, 0.5) is 0 Å². The van der Waals surface area contributed by atoms with Crippen LogP contribution in [0.3, 0.4) is 0 Å². The van der Waals surface area contributed by atoms with E-state index in [0.717, 1.165) is 63.0 Å². The smallest absolute Gasteiger partial charge is 0.154 e. The minimum atomic E-state index is 0.459. The first-order valence-electron chi connectivity index (χ1n) is 7.77. The number of aromatic nitrogens is 5. The zero-order chi connectivity index (χ0) is 14.7. The second-order valence-electron chi connectivity index (χ2n) is 5.51. The van der Waals surface area contributed by atoms with Gasteiger partial charge in [-0.25, -0.2) is 9.97 Å². The minimum Gasteiger partial charge on any atom is -0.381 e. The van der Waals surface area contributed by atoms with Crippen molar-refractivity contribution in [1.82, 2.24) is 24.3 Å². The first-order valence-corrected chi connectivity index (χ1v) is 7.77. The summed E-state index contributed by atoms with van der Waals surface area (Å²) in [5, 5.41) is 4.70. The molecule has 3 heterocycles. The van der Waals surface area contributed by atoms with Crippen LogP contribution < -0.4 is 0 Å². The molecule has 0 aliphatic carbocycles. The third-order valence-corrected chi connectivity index (χ3v) is 4.15. The Morgan fingerprint density at radius 2 is 2.14 bits per heavy atom. The largest absolute Gasteiger partial charge is 0.381 e. The Kier molecular flexibility index (Phi) is 4.34. The van der Waals surface area contributed by atoms with Crippen LogP contribution >= 0.6 is 0 Å². The summed E-state index contributed by atoms with van der Waals surface area (Å²) in [6, 6.07) is 0. The lowest BCUT2D eigenvalue weighted by Gasteiger charge is -2.18. The molecule has 0 atom stereocenters. The van der Waals surface area contributed by atoms with Crippen LogP contribution in [0, 0.1) is 6.92 Å². The molecule has 0 saturated carbocycles. The van der Waals surface area contributed by atoms with E-state index in [-0.39, 0.29) is 0 Å². The van der Waals surface area contributed by atoms with Gasteiger partial charge in [0, 0.05) is 51.0 Å². The Bertz CT molecular complexity index is 583. The zero-order valence-electron chi connectivity index (χ0n) is 12.8. The van der Waals surface area contributed by atoms with Crippen molar-refractivity contribution in [2.45, 2.75) is 52.1 Å². The maximum atomic E-state index is 5.42. The molecule has 2 aromatic heterocycles. The van der Waals surface area contributed by atoms with Gasteiger partial charge in [0.05, 0.1) is 0 Å². The van der Waals surface area contributed by atoms with Crippen LogP contribution in [0.1, 0.15) is 43.2 Å². The van der Waals surface area contributed by atoms with Crippen molar-refractivity contribution in [3.05, 3.63) is 29.9 Å². The molecule has 0 spiro atoms. The number of aryl methyl sites for hydroxylation is 4. The second-order valence-corrected chi connectivity index (χ2v) is 5.51. The van der Waals surface area contributed by atoms with E-state index in [2.05, 4.69) is 16.5 Å². The quantitative estimate of drug-likeness (QED) is 0.844. The van der Waals surface area contributed by atoms with Gasteiger partial charge in [-0.3, -0.25) is 4.68 Å². The molecular formula is C15H23N5O. The Morgan fingerprint density at radius 1 is 1.33 bits per heavy atom. The van der Waals surface area contributed by atoms with Crippen molar-refractivity contribution in [2.75, 3.05) is 13.2 Å². The molecule has 1 saturated heterocycles. The zero-order valence-corrected chi connectivity index (χ0v) is 12.8. The lowest BCUT2D eigenvalue weighted by atomic mass is 10.00. The highest BCUT2D eigenvalue weighted by molar-refractivity contribution is 5.01. The van der Waals surface area contributed by atoms with Crippen molar-refractivity contribution in [2.24, 2.45) is 0 Å². The lowest BCUT2D eigenvalue weighted by molar-refractivity contribution is 0.0835.